The van der Waals surface area contributed by atoms with Gasteiger partial charge in [-0.3, -0.25) is 9.36 Å². The summed E-state index contributed by atoms with van der Waals surface area (Å²) in [5.74, 6) is -0.628. The Balaban J connectivity index is 1.67. The van der Waals surface area contributed by atoms with Crippen molar-refractivity contribution >= 4 is 45.9 Å². The maximum absolute atomic E-state index is 14.5. The molecule has 224 valence electrons. The number of hydrogen-bond acceptors (Lipinski definition) is 6. The predicted molar refractivity (Wildman–Crippen MR) is 163 cm³/mol. The third-order valence-corrected chi connectivity index (χ3v) is 8.40. The van der Waals surface area contributed by atoms with Gasteiger partial charge in [0.05, 0.1) is 35.6 Å². The van der Waals surface area contributed by atoms with Crippen molar-refractivity contribution in [2.45, 2.75) is 19.1 Å². The Hall–Kier alpha value is -4.61. The fraction of sp³-hybridized carbons (Fsp3) is 0.156. The van der Waals surface area contributed by atoms with Crippen LogP contribution in [0, 0.1) is 0 Å². The normalized spacial score (nSPS) is 15.3. The first-order chi connectivity index (χ1) is 21.1. The molecule has 0 aliphatic carbocycles. The highest BCUT2D eigenvalue weighted by Crippen LogP contribution is 2.39. The van der Waals surface area contributed by atoms with Crippen LogP contribution in [0.1, 0.15) is 24.1 Å². The van der Waals surface area contributed by atoms with Crippen molar-refractivity contribution in [1.82, 2.24) is 9.55 Å². The van der Waals surface area contributed by atoms with E-state index in [0.717, 1.165) is 32.4 Å². The number of H-pyrrole nitrogens is 1. The van der Waals surface area contributed by atoms with Crippen molar-refractivity contribution in [1.29, 1.82) is 0 Å². The van der Waals surface area contributed by atoms with E-state index < -0.39 is 35.0 Å². The van der Waals surface area contributed by atoms with Crippen molar-refractivity contribution in [2.75, 3.05) is 13.7 Å². The minimum Gasteiger partial charge on any atom is -0.497 e. The molecular weight excluding hydrogens is 615 g/mol. The smallest absolute Gasteiger partial charge is 0.434 e. The molecule has 1 N–H and O–H groups in total. The molecule has 0 unspecified atom stereocenters. The molecule has 1 aliphatic rings. The number of carbonyl (C=O) groups is 1. The number of halogens is 4. The number of aromatic nitrogens is 2. The topological polar surface area (TPSA) is 85.7 Å². The van der Waals surface area contributed by atoms with Gasteiger partial charge in [-0.15, -0.1) is 0 Å². The fourth-order valence-corrected chi connectivity index (χ4v) is 6.34. The zero-order chi connectivity index (χ0) is 31.2. The van der Waals surface area contributed by atoms with Crippen molar-refractivity contribution in [2.24, 2.45) is 4.99 Å². The number of thiazole rings is 1. The highest BCUT2D eigenvalue weighted by atomic mass is 35.5. The van der Waals surface area contributed by atoms with Gasteiger partial charge < -0.3 is 14.5 Å². The number of fused-ring (bicyclic) bond motifs is 2. The van der Waals surface area contributed by atoms with Gasteiger partial charge in [-0.05, 0) is 54.5 Å². The van der Waals surface area contributed by atoms with Crippen LogP contribution in [0.25, 0.3) is 28.2 Å². The maximum atomic E-state index is 14.5. The number of alkyl halides is 3. The molecule has 12 heteroatoms. The average molecular weight is 638 g/mol. The van der Waals surface area contributed by atoms with Crippen LogP contribution >= 0.6 is 22.9 Å². The molecule has 3 aromatic carbocycles. The number of aromatic amines is 1. The standard InChI is InChI=1S/C32H23ClF3N3O4S/c1-3-43-30(41)25-27(18-9-11-19(33)12-10-18)39-29(40)24(44-31(39)38-28(25)32(34,35)36)16-22-21-15-20(42-2)13-14-23(21)37-26(22)17-7-5-4-6-8-17/h4-16,27,37H,3H2,1-2H3/b24-16-/t27-/m0/s1. The minimum atomic E-state index is -5.00. The van der Waals surface area contributed by atoms with Gasteiger partial charge in [-0.1, -0.05) is 65.4 Å². The number of benzene rings is 3. The number of ether oxygens (including phenoxy) is 2. The number of nitrogens with zero attached hydrogens (tertiary/aromatic N) is 2. The number of hydrogen-bond donors (Lipinski definition) is 1. The molecule has 2 aromatic heterocycles. The number of rotatable bonds is 6. The molecule has 0 spiro atoms. The SMILES string of the molecule is CCOC(=O)C1=C(C(F)(F)F)N=c2s/c(=C\c3c(-c4ccccc4)[nH]c4ccc(OC)cc34)c(=O)n2[C@H]1c1ccc(Cl)cc1. The molecule has 0 radical (unpaired) electrons. The minimum absolute atomic E-state index is 0.121. The highest BCUT2D eigenvalue weighted by Gasteiger charge is 2.45. The van der Waals surface area contributed by atoms with Crippen LogP contribution < -0.4 is 19.6 Å². The summed E-state index contributed by atoms with van der Waals surface area (Å²) < 4.78 is 55.1. The van der Waals surface area contributed by atoms with Crippen LogP contribution in [0.5, 0.6) is 5.75 Å². The van der Waals surface area contributed by atoms with Crippen molar-refractivity contribution in [3.05, 3.63) is 120 Å². The number of carbonyl (C=O) groups excluding carboxylic acids is 1. The Labute approximate surface area is 257 Å². The molecule has 3 heterocycles. The molecular formula is C32H23ClF3N3O4S. The van der Waals surface area contributed by atoms with E-state index in [2.05, 4.69) is 9.98 Å². The molecule has 0 saturated carbocycles. The first kappa shape index (κ1) is 29.5. The van der Waals surface area contributed by atoms with E-state index in [4.69, 9.17) is 21.1 Å². The lowest BCUT2D eigenvalue weighted by Gasteiger charge is -2.26. The molecule has 1 atom stereocenters. The summed E-state index contributed by atoms with van der Waals surface area (Å²) in [5, 5.41) is 1.08. The summed E-state index contributed by atoms with van der Waals surface area (Å²) in [5.41, 5.74) is 0.386. The Morgan fingerprint density at radius 1 is 1.11 bits per heavy atom. The van der Waals surface area contributed by atoms with Gasteiger partial charge in [0.25, 0.3) is 5.56 Å². The van der Waals surface area contributed by atoms with E-state index in [1.165, 1.54) is 31.2 Å². The van der Waals surface area contributed by atoms with Gasteiger partial charge in [0.15, 0.2) is 10.5 Å². The van der Waals surface area contributed by atoms with Crippen molar-refractivity contribution < 1.29 is 27.4 Å². The second-order valence-corrected chi connectivity index (χ2v) is 11.3. The van der Waals surface area contributed by atoms with Crippen LogP contribution in [0.2, 0.25) is 5.02 Å². The van der Waals surface area contributed by atoms with E-state index >= 15 is 0 Å². The van der Waals surface area contributed by atoms with E-state index in [0.29, 0.717) is 22.0 Å². The van der Waals surface area contributed by atoms with E-state index in [1.807, 2.05) is 42.5 Å². The average Bonchev–Trinajstić information content (AvgIpc) is 3.53. The second-order valence-electron chi connectivity index (χ2n) is 9.81. The van der Waals surface area contributed by atoms with Gasteiger partial charge in [-0.25, -0.2) is 9.79 Å². The number of allylic oxidation sites excluding steroid dienone is 1. The van der Waals surface area contributed by atoms with Crippen LogP contribution in [0.3, 0.4) is 0 Å². The first-order valence-corrected chi connectivity index (χ1v) is 14.6. The van der Waals surface area contributed by atoms with Crippen LogP contribution in [-0.2, 0) is 9.53 Å². The summed E-state index contributed by atoms with van der Waals surface area (Å²) in [7, 11) is 1.54. The Morgan fingerprint density at radius 3 is 2.50 bits per heavy atom. The molecule has 44 heavy (non-hydrogen) atoms. The van der Waals surface area contributed by atoms with Crippen LogP contribution in [0.15, 0.2) is 93.9 Å². The Kier molecular flexibility index (Phi) is 7.68. The molecule has 0 bridgehead atoms. The summed E-state index contributed by atoms with van der Waals surface area (Å²) in [6, 6.07) is 19.4. The van der Waals surface area contributed by atoms with E-state index in [1.54, 1.807) is 19.3 Å². The van der Waals surface area contributed by atoms with E-state index in [9.17, 15) is 22.8 Å². The molecule has 5 aromatic rings. The Bertz CT molecular complexity index is 2110. The molecule has 0 saturated heterocycles. The zero-order valence-corrected chi connectivity index (χ0v) is 24.8. The lowest BCUT2D eigenvalue weighted by molar-refractivity contribution is -0.140. The van der Waals surface area contributed by atoms with Gasteiger partial charge >= 0.3 is 12.1 Å². The molecule has 0 fully saturated rings. The summed E-state index contributed by atoms with van der Waals surface area (Å²) in [4.78, 5) is 34.3. The predicted octanol–water partition coefficient (Wildman–Crippen LogP) is 6.15. The second kappa shape index (κ2) is 11.5. The molecule has 7 nitrogen and oxygen atoms in total. The fourth-order valence-electron chi connectivity index (χ4n) is 5.23. The number of esters is 1. The third-order valence-electron chi connectivity index (χ3n) is 7.16. The quantitative estimate of drug-likeness (QED) is 0.226. The lowest BCUT2D eigenvalue weighted by atomic mass is 9.95. The maximum Gasteiger partial charge on any atom is 0.434 e. The number of nitrogens with one attached hydrogen (secondary N) is 1. The monoisotopic (exact) mass is 637 g/mol. The van der Waals surface area contributed by atoms with Gasteiger partial charge in [-0.2, -0.15) is 13.2 Å². The molecule has 6 rings (SSSR count). The van der Waals surface area contributed by atoms with Gasteiger partial charge in [0.2, 0.25) is 0 Å². The van der Waals surface area contributed by atoms with Crippen molar-refractivity contribution in [3.63, 3.8) is 0 Å². The highest BCUT2D eigenvalue weighted by molar-refractivity contribution is 7.07. The van der Waals surface area contributed by atoms with Crippen LogP contribution in [0.4, 0.5) is 13.2 Å². The summed E-state index contributed by atoms with van der Waals surface area (Å²) in [6.45, 7) is 1.32. The zero-order valence-electron chi connectivity index (χ0n) is 23.2. The Morgan fingerprint density at radius 2 is 1.84 bits per heavy atom. The van der Waals surface area contributed by atoms with E-state index in [-0.39, 0.29) is 21.5 Å². The molecule has 0 amide bonds. The van der Waals surface area contributed by atoms with Crippen LogP contribution in [-0.4, -0.2) is 35.4 Å². The van der Waals surface area contributed by atoms with Gasteiger partial charge in [0.1, 0.15) is 5.75 Å². The van der Waals surface area contributed by atoms with Crippen molar-refractivity contribution in [3.8, 4) is 17.0 Å². The van der Waals surface area contributed by atoms with Gasteiger partial charge in [0, 0.05) is 21.5 Å². The lowest BCUT2D eigenvalue weighted by Crippen LogP contribution is -2.41. The third kappa shape index (κ3) is 5.22. The molecule has 1 aliphatic heterocycles. The largest absolute Gasteiger partial charge is 0.497 e. The summed E-state index contributed by atoms with van der Waals surface area (Å²) in [6.07, 6.45) is -3.37. The summed E-state index contributed by atoms with van der Waals surface area (Å²) >= 11 is 6.87. The number of methoxy groups -OCH3 is 1. The first-order valence-electron chi connectivity index (χ1n) is 13.4.